The molecule has 0 atom stereocenters. The van der Waals surface area contributed by atoms with Crippen LogP contribution < -0.4 is 5.32 Å². The molecule has 0 saturated heterocycles. The number of carbonyl (C=O) groups excluding carboxylic acids is 1. The quantitative estimate of drug-likeness (QED) is 0.891. The molecule has 5 heteroatoms. The van der Waals surface area contributed by atoms with Gasteiger partial charge in [0.25, 0.3) is 0 Å². The van der Waals surface area contributed by atoms with E-state index in [-0.39, 0.29) is 11.7 Å². The molecule has 0 saturated carbocycles. The van der Waals surface area contributed by atoms with Crippen molar-refractivity contribution in [1.82, 2.24) is 4.90 Å². The first-order valence-electron chi connectivity index (χ1n) is 7.04. The molecule has 0 aliphatic carbocycles. The van der Waals surface area contributed by atoms with Gasteiger partial charge in [0.1, 0.15) is 11.6 Å². The molecule has 1 N–H and O–H groups in total. The van der Waals surface area contributed by atoms with Crippen molar-refractivity contribution in [1.29, 1.82) is 0 Å². The molecular weight excluding hydrogens is 286 g/mol. The average molecular weight is 304 g/mol. The number of benzene rings is 2. The summed E-state index contributed by atoms with van der Waals surface area (Å²) in [5.74, 6) is -1.47. The number of hydrogen-bond donors (Lipinski definition) is 1. The third kappa shape index (κ3) is 4.04. The first kappa shape index (κ1) is 15.9. The molecule has 3 nitrogen and oxygen atoms in total. The molecule has 0 aromatic heterocycles. The van der Waals surface area contributed by atoms with E-state index < -0.39 is 17.7 Å². The molecule has 2 aromatic carbocycles. The topological polar surface area (TPSA) is 32.3 Å². The molecule has 0 spiro atoms. The Morgan fingerprint density at radius 3 is 2.41 bits per heavy atom. The van der Waals surface area contributed by atoms with Crippen LogP contribution in [-0.4, -0.2) is 17.0 Å². The van der Waals surface area contributed by atoms with E-state index in [0.29, 0.717) is 6.54 Å². The van der Waals surface area contributed by atoms with Gasteiger partial charge in [0, 0.05) is 18.7 Å². The summed E-state index contributed by atoms with van der Waals surface area (Å²) in [6.45, 7) is 4.17. The second-order valence-corrected chi connectivity index (χ2v) is 5.26. The minimum absolute atomic E-state index is 0.0369. The van der Waals surface area contributed by atoms with Gasteiger partial charge in [-0.25, -0.2) is 13.6 Å². The molecule has 2 rings (SSSR count). The van der Waals surface area contributed by atoms with Crippen molar-refractivity contribution in [3.05, 3.63) is 65.7 Å². The van der Waals surface area contributed by atoms with Gasteiger partial charge in [-0.05, 0) is 31.5 Å². The van der Waals surface area contributed by atoms with Crippen LogP contribution in [0.2, 0.25) is 0 Å². The molecule has 2 aromatic rings. The zero-order valence-corrected chi connectivity index (χ0v) is 12.5. The number of halogens is 2. The molecule has 0 fully saturated rings. The first-order valence-corrected chi connectivity index (χ1v) is 7.04. The highest BCUT2D eigenvalue weighted by molar-refractivity contribution is 5.89. The van der Waals surface area contributed by atoms with Gasteiger partial charge in [0.15, 0.2) is 0 Å². The number of nitrogens with one attached hydrogen (secondary N) is 1. The lowest BCUT2D eigenvalue weighted by molar-refractivity contribution is 0.193. The number of nitrogens with zero attached hydrogens (tertiary/aromatic N) is 1. The summed E-state index contributed by atoms with van der Waals surface area (Å²) >= 11 is 0. The lowest BCUT2D eigenvalue weighted by Gasteiger charge is -2.27. The predicted octanol–water partition coefficient (Wildman–Crippen LogP) is 4.41. The van der Waals surface area contributed by atoms with Gasteiger partial charge in [-0.3, -0.25) is 0 Å². The summed E-state index contributed by atoms with van der Waals surface area (Å²) in [6, 6.07) is 12.1. The van der Waals surface area contributed by atoms with Crippen LogP contribution in [0.5, 0.6) is 0 Å². The number of hydrogen-bond acceptors (Lipinski definition) is 1. The molecule has 116 valence electrons. The summed E-state index contributed by atoms with van der Waals surface area (Å²) in [7, 11) is 0. The largest absolute Gasteiger partial charge is 0.322 e. The lowest BCUT2D eigenvalue weighted by Crippen LogP contribution is -2.39. The van der Waals surface area contributed by atoms with Crippen molar-refractivity contribution in [2.24, 2.45) is 0 Å². The van der Waals surface area contributed by atoms with Crippen LogP contribution in [0.1, 0.15) is 19.4 Å². The van der Waals surface area contributed by atoms with Crippen molar-refractivity contribution in [3.63, 3.8) is 0 Å². The van der Waals surface area contributed by atoms with E-state index in [9.17, 15) is 13.6 Å². The summed E-state index contributed by atoms with van der Waals surface area (Å²) in [4.78, 5) is 13.9. The average Bonchev–Trinajstić information content (AvgIpc) is 2.48. The highest BCUT2D eigenvalue weighted by Crippen LogP contribution is 2.17. The van der Waals surface area contributed by atoms with Crippen LogP contribution >= 0.6 is 0 Å². The van der Waals surface area contributed by atoms with Gasteiger partial charge in [-0.2, -0.15) is 0 Å². The number of amides is 2. The van der Waals surface area contributed by atoms with E-state index in [1.165, 1.54) is 6.07 Å². The predicted molar refractivity (Wildman–Crippen MR) is 82.5 cm³/mol. The minimum atomic E-state index is -0.795. The maximum absolute atomic E-state index is 13.6. The van der Waals surface area contributed by atoms with Crippen molar-refractivity contribution < 1.29 is 13.6 Å². The van der Waals surface area contributed by atoms with Crippen LogP contribution in [0.15, 0.2) is 48.5 Å². The van der Waals surface area contributed by atoms with Crippen molar-refractivity contribution in [2.75, 3.05) is 5.32 Å². The SMILES string of the molecule is CC(C)N(Cc1ccccc1)C(=O)Nc1ccc(F)cc1F. The van der Waals surface area contributed by atoms with Crippen LogP contribution in [0.4, 0.5) is 19.3 Å². The molecule has 0 unspecified atom stereocenters. The Hall–Kier alpha value is -2.43. The van der Waals surface area contributed by atoms with Crippen LogP contribution in [-0.2, 0) is 6.54 Å². The Morgan fingerprint density at radius 1 is 1.14 bits per heavy atom. The Kier molecular flexibility index (Phi) is 5.09. The Balaban J connectivity index is 2.13. The second-order valence-electron chi connectivity index (χ2n) is 5.26. The summed E-state index contributed by atoms with van der Waals surface area (Å²) in [6.07, 6.45) is 0. The van der Waals surface area contributed by atoms with E-state index in [0.717, 1.165) is 17.7 Å². The number of rotatable bonds is 4. The smallest absolute Gasteiger partial charge is 0.318 e. The fourth-order valence-corrected chi connectivity index (χ4v) is 2.05. The van der Waals surface area contributed by atoms with Gasteiger partial charge >= 0.3 is 6.03 Å². The molecule has 2 amide bonds. The fraction of sp³-hybridized carbons (Fsp3) is 0.235. The Bertz CT molecular complexity index is 644. The third-order valence-corrected chi connectivity index (χ3v) is 3.25. The number of carbonyl (C=O) groups is 1. The molecule has 0 bridgehead atoms. The summed E-state index contributed by atoms with van der Waals surface area (Å²) in [5, 5.41) is 2.48. The summed E-state index contributed by atoms with van der Waals surface area (Å²) < 4.78 is 26.5. The van der Waals surface area contributed by atoms with E-state index >= 15 is 0 Å². The standard InChI is InChI=1S/C17H18F2N2O/c1-12(2)21(11-13-6-4-3-5-7-13)17(22)20-16-9-8-14(18)10-15(16)19/h3-10,12H,11H2,1-2H3,(H,20,22). The van der Waals surface area contributed by atoms with Crippen molar-refractivity contribution >= 4 is 11.7 Å². The second kappa shape index (κ2) is 7.02. The minimum Gasteiger partial charge on any atom is -0.318 e. The van der Waals surface area contributed by atoms with Crippen LogP contribution in [0.25, 0.3) is 0 Å². The van der Waals surface area contributed by atoms with Gasteiger partial charge in [-0.1, -0.05) is 30.3 Å². The highest BCUT2D eigenvalue weighted by Gasteiger charge is 2.18. The lowest BCUT2D eigenvalue weighted by atomic mass is 10.2. The monoisotopic (exact) mass is 304 g/mol. The van der Waals surface area contributed by atoms with Crippen molar-refractivity contribution in [2.45, 2.75) is 26.4 Å². The molecule has 0 heterocycles. The molecule has 0 aliphatic heterocycles. The molecule has 22 heavy (non-hydrogen) atoms. The zero-order chi connectivity index (χ0) is 16.1. The Labute approximate surface area is 128 Å². The molecule has 0 radical (unpaired) electrons. The number of urea groups is 1. The van der Waals surface area contributed by atoms with Gasteiger partial charge in [-0.15, -0.1) is 0 Å². The number of anilines is 1. The van der Waals surface area contributed by atoms with E-state index in [1.54, 1.807) is 4.90 Å². The maximum atomic E-state index is 13.6. The Morgan fingerprint density at radius 2 is 1.82 bits per heavy atom. The van der Waals surface area contributed by atoms with Gasteiger partial charge < -0.3 is 10.2 Å². The fourth-order valence-electron chi connectivity index (χ4n) is 2.05. The van der Waals surface area contributed by atoms with Crippen LogP contribution in [0, 0.1) is 11.6 Å². The van der Waals surface area contributed by atoms with Gasteiger partial charge in [0.05, 0.1) is 5.69 Å². The van der Waals surface area contributed by atoms with Crippen molar-refractivity contribution in [3.8, 4) is 0 Å². The van der Waals surface area contributed by atoms with Crippen LogP contribution in [0.3, 0.4) is 0 Å². The van der Waals surface area contributed by atoms with E-state index in [4.69, 9.17) is 0 Å². The molecular formula is C17H18F2N2O. The van der Waals surface area contributed by atoms with E-state index in [2.05, 4.69) is 5.32 Å². The first-order chi connectivity index (χ1) is 10.5. The highest BCUT2D eigenvalue weighted by atomic mass is 19.1. The zero-order valence-electron chi connectivity index (χ0n) is 12.5. The normalized spacial score (nSPS) is 10.6. The maximum Gasteiger partial charge on any atom is 0.322 e. The summed E-state index contributed by atoms with van der Waals surface area (Å²) in [5.41, 5.74) is 0.941. The third-order valence-electron chi connectivity index (χ3n) is 3.25. The van der Waals surface area contributed by atoms with Gasteiger partial charge in [0.2, 0.25) is 0 Å². The van der Waals surface area contributed by atoms with E-state index in [1.807, 2.05) is 44.2 Å². The molecule has 0 aliphatic rings.